The second kappa shape index (κ2) is 2.03. The summed E-state index contributed by atoms with van der Waals surface area (Å²) in [5.74, 6) is 0.169. The smallest absolute Gasteiger partial charge is 0.136 e. The molecule has 0 spiro atoms. The standard InChI is InChI=1S/C7H7N2O2/c10-5-1-2-7-6(3-5)8-4-9(7)11/h1-3,10-11H,4H2. The van der Waals surface area contributed by atoms with E-state index < -0.39 is 0 Å². The van der Waals surface area contributed by atoms with Crippen LogP contribution in [0.5, 0.6) is 5.75 Å². The summed E-state index contributed by atoms with van der Waals surface area (Å²) in [7, 11) is 0. The first-order valence-electron chi connectivity index (χ1n) is 3.24. The summed E-state index contributed by atoms with van der Waals surface area (Å²) in [4.78, 5) is 0. The van der Waals surface area contributed by atoms with Gasteiger partial charge in [-0.15, -0.1) is 0 Å². The van der Waals surface area contributed by atoms with Crippen LogP contribution >= 0.6 is 0 Å². The average Bonchev–Trinajstić information content (AvgIpc) is 2.32. The van der Waals surface area contributed by atoms with Crippen LogP contribution in [0.15, 0.2) is 18.2 Å². The quantitative estimate of drug-likeness (QED) is 0.576. The molecule has 1 aliphatic rings. The number of phenols is 1. The van der Waals surface area contributed by atoms with Gasteiger partial charge in [-0.05, 0) is 12.1 Å². The molecular formula is C7H7N2O2. The van der Waals surface area contributed by atoms with E-state index in [-0.39, 0.29) is 12.4 Å². The molecule has 0 saturated carbocycles. The van der Waals surface area contributed by atoms with Gasteiger partial charge in [0.15, 0.2) is 0 Å². The van der Waals surface area contributed by atoms with Crippen molar-refractivity contribution in [1.29, 1.82) is 0 Å². The Balaban J connectivity index is 2.50. The summed E-state index contributed by atoms with van der Waals surface area (Å²) >= 11 is 0. The third-order valence-corrected chi connectivity index (χ3v) is 1.61. The van der Waals surface area contributed by atoms with Crippen molar-refractivity contribution in [2.24, 2.45) is 0 Å². The molecule has 0 amide bonds. The third-order valence-electron chi connectivity index (χ3n) is 1.61. The number of benzene rings is 1. The van der Waals surface area contributed by atoms with Crippen molar-refractivity contribution in [2.45, 2.75) is 0 Å². The molecule has 1 aliphatic heterocycles. The Labute approximate surface area is 63.6 Å². The van der Waals surface area contributed by atoms with Gasteiger partial charge in [-0.25, -0.2) is 5.06 Å². The van der Waals surface area contributed by atoms with Crippen LogP contribution in [-0.2, 0) is 0 Å². The van der Waals surface area contributed by atoms with E-state index in [4.69, 9.17) is 10.3 Å². The van der Waals surface area contributed by atoms with Gasteiger partial charge >= 0.3 is 0 Å². The summed E-state index contributed by atoms with van der Waals surface area (Å²) in [6.45, 7) is 0.249. The van der Waals surface area contributed by atoms with Gasteiger partial charge in [0.05, 0.1) is 11.4 Å². The van der Waals surface area contributed by atoms with Crippen LogP contribution in [0.1, 0.15) is 0 Å². The van der Waals surface area contributed by atoms with Crippen LogP contribution in [0.2, 0.25) is 0 Å². The Bertz CT molecular complexity index is 288. The summed E-state index contributed by atoms with van der Waals surface area (Å²) in [5.41, 5.74) is 1.27. The van der Waals surface area contributed by atoms with Gasteiger partial charge in [-0.1, -0.05) is 0 Å². The summed E-state index contributed by atoms with van der Waals surface area (Å²) in [6.07, 6.45) is 0. The minimum absolute atomic E-state index is 0.169. The lowest BCUT2D eigenvalue weighted by Crippen LogP contribution is -2.16. The number of nitrogens with zero attached hydrogens (tertiary/aromatic N) is 2. The van der Waals surface area contributed by atoms with Crippen molar-refractivity contribution >= 4 is 11.4 Å². The molecule has 0 fully saturated rings. The van der Waals surface area contributed by atoms with E-state index in [2.05, 4.69) is 5.32 Å². The van der Waals surface area contributed by atoms with Crippen molar-refractivity contribution in [2.75, 3.05) is 11.7 Å². The summed E-state index contributed by atoms with van der Waals surface area (Å²) < 4.78 is 0. The Morgan fingerprint density at radius 1 is 1.45 bits per heavy atom. The number of fused-ring (bicyclic) bond motifs is 1. The first kappa shape index (κ1) is 6.30. The molecule has 2 rings (SSSR count). The third kappa shape index (κ3) is 0.877. The van der Waals surface area contributed by atoms with Gasteiger partial charge in [0.1, 0.15) is 12.4 Å². The van der Waals surface area contributed by atoms with E-state index in [0.717, 1.165) is 5.06 Å². The first-order valence-corrected chi connectivity index (χ1v) is 3.24. The minimum Gasteiger partial charge on any atom is -0.508 e. The number of hydroxylamine groups is 1. The van der Waals surface area contributed by atoms with Gasteiger partial charge in [0.25, 0.3) is 0 Å². The SMILES string of the molecule is Oc1ccc2c(c1)[N]CN2O. The summed E-state index contributed by atoms with van der Waals surface area (Å²) in [6, 6.07) is 4.66. The van der Waals surface area contributed by atoms with Crippen LogP contribution in [-0.4, -0.2) is 17.0 Å². The van der Waals surface area contributed by atoms with E-state index in [1.165, 1.54) is 12.1 Å². The molecule has 1 radical (unpaired) electrons. The molecule has 2 N–H and O–H groups in total. The topological polar surface area (TPSA) is 57.8 Å². The molecule has 11 heavy (non-hydrogen) atoms. The Morgan fingerprint density at radius 2 is 2.27 bits per heavy atom. The van der Waals surface area contributed by atoms with Gasteiger partial charge in [-0.3, -0.25) is 10.5 Å². The average molecular weight is 151 g/mol. The van der Waals surface area contributed by atoms with E-state index in [9.17, 15) is 0 Å². The van der Waals surface area contributed by atoms with Crippen molar-refractivity contribution in [1.82, 2.24) is 5.32 Å². The monoisotopic (exact) mass is 151 g/mol. The fraction of sp³-hybridized carbons (Fsp3) is 0.143. The number of anilines is 1. The maximum absolute atomic E-state index is 9.13. The largest absolute Gasteiger partial charge is 0.508 e. The van der Waals surface area contributed by atoms with Crippen molar-refractivity contribution in [3.63, 3.8) is 0 Å². The second-order valence-corrected chi connectivity index (χ2v) is 2.37. The maximum Gasteiger partial charge on any atom is 0.136 e. The number of rotatable bonds is 0. The first-order chi connectivity index (χ1) is 5.27. The van der Waals surface area contributed by atoms with Crippen molar-refractivity contribution in [3.05, 3.63) is 18.2 Å². The molecule has 57 valence electrons. The van der Waals surface area contributed by atoms with Gasteiger partial charge in [0, 0.05) is 6.07 Å². The fourth-order valence-corrected chi connectivity index (χ4v) is 1.08. The number of hydrogen-bond donors (Lipinski definition) is 2. The molecular weight excluding hydrogens is 144 g/mol. The fourth-order valence-electron chi connectivity index (χ4n) is 1.08. The normalized spacial score (nSPS) is 14.5. The van der Waals surface area contributed by atoms with Crippen LogP contribution in [0.4, 0.5) is 11.4 Å². The molecule has 1 heterocycles. The van der Waals surface area contributed by atoms with E-state index in [1.807, 2.05) is 0 Å². The van der Waals surface area contributed by atoms with E-state index in [1.54, 1.807) is 6.07 Å². The number of hydrogen-bond acceptors (Lipinski definition) is 3. The molecule has 4 nitrogen and oxygen atoms in total. The molecule has 4 heteroatoms. The van der Waals surface area contributed by atoms with Crippen LogP contribution in [0.3, 0.4) is 0 Å². The highest BCUT2D eigenvalue weighted by Gasteiger charge is 2.17. The van der Waals surface area contributed by atoms with Crippen molar-refractivity contribution < 1.29 is 10.3 Å². The van der Waals surface area contributed by atoms with Gasteiger partial charge < -0.3 is 5.11 Å². The highest BCUT2D eigenvalue weighted by Crippen LogP contribution is 2.32. The number of aromatic hydroxyl groups is 1. The lowest BCUT2D eigenvalue weighted by atomic mass is 10.2. The maximum atomic E-state index is 9.13. The molecule has 0 unspecified atom stereocenters. The summed E-state index contributed by atoms with van der Waals surface area (Å²) in [5, 5.41) is 23.1. The van der Waals surface area contributed by atoms with Crippen LogP contribution in [0.25, 0.3) is 0 Å². The predicted octanol–water partition coefficient (Wildman–Crippen LogP) is 0.795. The molecule has 0 bridgehead atoms. The van der Waals surface area contributed by atoms with Crippen molar-refractivity contribution in [3.8, 4) is 5.75 Å². The number of phenolic OH excluding ortho intramolecular Hbond substituents is 1. The zero-order valence-electron chi connectivity index (χ0n) is 5.73. The van der Waals surface area contributed by atoms with Gasteiger partial charge in [-0.2, -0.15) is 0 Å². The van der Waals surface area contributed by atoms with Crippen LogP contribution in [0, 0.1) is 0 Å². The Hall–Kier alpha value is -1.42. The molecule has 1 aromatic rings. The second-order valence-electron chi connectivity index (χ2n) is 2.37. The lowest BCUT2D eigenvalue weighted by Gasteiger charge is -2.05. The highest BCUT2D eigenvalue weighted by atomic mass is 16.5. The Morgan fingerprint density at radius 3 is 3.09 bits per heavy atom. The lowest BCUT2D eigenvalue weighted by molar-refractivity contribution is 0.259. The Kier molecular flexibility index (Phi) is 1.16. The van der Waals surface area contributed by atoms with E-state index >= 15 is 0 Å². The zero-order chi connectivity index (χ0) is 7.84. The predicted molar refractivity (Wildman–Crippen MR) is 39.0 cm³/mol. The minimum atomic E-state index is 0.169. The molecule has 0 aliphatic carbocycles. The van der Waals surface area contributed by atoms with Gasteiger partial charge in [0.2, 0.25) is 0 Å². The molecule has 0 aromatic heterocycles. The molecule has 1 aromatic carbocycles. The molecule has 0 saturated heterocycles. The van der Waals surface area contributed by atoms with E-state index in [0.29, 0.717) is 11.4 Å². The highest BCUT2D eigenvalue weighted by molar-refractivity contribution is 5.69. The zero-order valence-corrected chi connectivity index (χ0v) is 5.73. The van der Waals surface area contributed by atoms with Crippen LogP contribution < -0.4 is 10.4 Å². The molecule has 0 atom stereocenters.